The fourth-order valence-corrected chi connectivity index (χ4v) is 5.46. The number of aryl methyl sites for hydroxylation is 1. The molecule has 0 saturated heterocycles. The monoisotopic (exact) mass is 342 g/mol. The van der Waals surface area contributed by atoms with E-state index < -0.39 is 0 Å². The second-order valence-corrected chi connectivity index (χ2v) is 8.14. The molecule has 6 heteroatoms. The molecule has 0 aliphatic heterocycles. The van der Waals surface area contributed by atoms with Crippen molar-refractivity contribution < 1.29 is 0 Å². The third-order valence-electron chi connectivity index (χ3n) is 4.27. The highest BCUT2D eigenvalue weighted by Crippen LogP contribution is 2.40. The van der Waals surface area contributed by atoms with Gasteiger partial charge in [-0.2, -0.15) is 10.5 Å². The molecule has 0 unspecified atom stereocenters. The van der Waals surface area contributed by atoms with E-state index in [9.17, 15) is 5.26 Å². The van der Waals surface area contributed by atoms with Gasteiger partial charge in [0.25, 0.3) is 0 Å². The largest absolute Gasteiger partial charge is 0.229 e. The average Bonchev–Trinajstić information content (AvgIpc) is 2.93. The number of thiophene rings is 1. The molecular formula is C17H18N4S2. The Balaban J connectivity index is 1.84. The Morgan fingerprint density at radius 2 is 2.30 bits per heavy atom. The molecule has 3 rings (SSSR count). The first kappa shape index (κ1) is 16.2. The van der Waals surface area contributed by atoms with Gasteiger partial charge < -0.3 is 0 Å². The molecule has 2 aromatic heterocycles. The van der Waals surface area contributed by atoms with Gasteiger partial charge >= 0.3 is 0 Å². The average molecular weight is 342 g/mol. The molecule has 0 saturated carbocycles. The van der Waals surface area contributed by atoms with Crippen LogP contribution >= 0.6 is 23.1 Å². The summed E-state index contributed by atoms with van der Waals surface area (Å²) in [5.41, 5.74) is 1.43. The molecule has 2 aromatic rings. The predicted molar refractivity (Wildman–Crippen MR) is 93.3 cm³/mol. The zero-order valence-electron chi connectivity index (χ0n) is 13.1. The molecule has 0 spiro atoms. The maximum absolute atomic E-state index is 9.22. The van der Waals surface area contributed by atoms with Crippen molar-refractivity contribution in [3.63, 3.8) is 0 Å². The maximum Gasteiger partial charge on any atom is 0.128 e. The van der Waals surface area contributed by atoms with Gasteiger partial charge in [0.1, 0.15) is 16.2 Å². The van der Waals surface area contributed by atoms with E-state index in [-0.39, 0.29) is 5.92 Å². The molecule has 118 valence electrons. The minimum Gasteiger partial charge on any atom is -0.229 e. The number of hydrogen-bond donors (Lipinski definition) is 0. The van der Waals surface area contributed by atoms with Crippen LogP contribution in [0.15, 0.2) is 11.4 Å². The van der Waals surface area contributed by atoms with Crippen molar-refractivity contribution in [3.8, 4) is 12.1 Å². The van der Waals surface area contributed by atoms with Crippen LogP contribution in [0.4, 0.5) is 0 Å². The first-order chi connectivity index (χ1) is 11.2. The van der Waals surface area contributed by atoms with Crippen LogP contribution < -0.4 is 0 Å². The van der Waals surface area contributed by atoms with Crippen LogP contribution in [0.1, 0.15) is 36.6 Å². The van der Waals surface area contributed by atoms with Crippen molar-refractivity contribution in [2.24, 2.45) is 11.8 Å². The Kier molecular flexibility index (Phi) is 5.15. The van der Waals surface area contributed by atoms with Crippen molar-refractivity contribution in [1.82, 2.24) is 9.97 Å². The van der Waals surface area contributed by atoms with E-state index in [1.807, 2.05) is 0 Å². The molecule has 0 fully saturated rings. The van der Waals surface area contributed by atoms with E-state index in [1.54, 1.807) is 29.4 Å². The van der Waals surface area contributed by atoms with Gasteiger partial charge in [0.2, 0.25) is 0 Å². The van der Waals surface area contributed by atoms with Gasteiger partial charge in [0, 0.05) is 22.4 Å². The number of aromatic nitrogens is 2. The Bertz CT molecular complexity index is 784. The molecule has 2 heterocycles. The van der Waals surface area contributed by atoms with Gasteiger partial charge in [-0.15, -0.1) is 23.1 Å². The van der Waals surface area contributed by atoms with Gasteiger partial charge in [-0.25, -0.2) is 9.97 Å². The molecule has 0 aromatic carbocycles. The summed E-state index contributed by atoms with van der Waals surface area (Å²) in [5.74, 6) is 1.33. The minimum absolute atomic E-state index is 0.0980. The molecule has 0 radical (unpaired) electrons. The lowest BCUT2D eigenvalue weighted by Crippen LogP contribution is -2.08. The fourth-order valence-electron chi connectivity index (χ4n) is 2.96. The highest BCUT2D eigenvalue weighted by atomic mass is 32.2. The number of nitriles is 2. The lowest BCUT2D eigenvalue weighted by Gasteiger charge is -2.18. The van der Waals surface area contributed by atoms with Crippen LogP contribution in [0.25, 0.3) is 10.2 Å². The highest BCUT2D eigenvalue weighted by molar-refractivity contribution is 7.99. The number of rotatable bonds is 5. The third kappa shape index (κ3) is 3.49. The van der Waals surface area contributed by atoms with Gasteiger partial charge in [-0.1, -0.05) is 6.92 Å². The zero-order valence-corrected chi connectivity index (χ0v) is 14.7. The Hall–Kier alpha value is -1.63. The minimum atomic E-state index is -0.0980. The maximum atomic E-state index is 9.22. The Labute approximate surface area is 144 Å². The summed E-state index contributed by atoms with van der Waals surface area (Å²) >= 11 is 3.43. The van der Waals surface area contributed by atoms with Gasteiger partial charge in [-0.3, -0.25) is 0 Å². The van der Waals surface area contributed by atoms with Crippen molar-refractivity contribution in [2.75, 3.05) is 5.75 Å². The normalized spacial score (nSPS) is 18.1. The molecule has 23 heavy (non-hydrogen) atoms. The van der Waals surface area contributed by atoms with Crippen LogP contribution in [0, 0.1) is 34.5 Å². The quantitative estimate of drug-likeness (QED) is 0.596. The lowest BCUT2D eigenvalue weighted by molar-refractivity contribution is 0.509. The van der Waals surface area contributed by atoms with Crippen LogP contribution in [0.2, 0.25) is 0 Å². The van der Waals surface area contributed by atoms with Gasteiger partial charge in [0.05, 0.1) is 18.1 Å². The van der Waals surface area contributed by atoms with Crippen LogP contribution in [-0.2, 0) is 12.8 Å². The van der Waals surface area contributed by atoms with Crippen molar-refractivity contribution in [1.29, 1.82) is 10.5 Å². The summed E-state index contributed by atoms with van der Waals surface area (Å²) in [6.07, 6.45) is 6.17. The second-order valence-electron chi connectivity index (χ2n) is 6.04. The lowest BCUT2D eigenvalue weighted by atomic mass is 9.89. The molecule has 1 aliphatic carbocycles. The topological polar surface area (TPSA) is 73.4 Å². The molecule has 0 N–H and O–H groups in total. The summed E-state index contributed by atoms with van der Waals surface area (Å²) < 4.78 is 0. The van der Waals surface area contributed by atoms with E-state index in [0.29, 0.717) is 18.6 Å². The van der Waals surface area contributed by atoms with E-state index in [2.05, 4.69) is 29.0 Å². The van der Waals surface area contributed by atoms with E-state index >= 15 is 0 Å². The second kappa shape index (κ2) is 7.29. The number of nitrogens with zero attached hydrogens (tertiary/aromatic N) is 4. The molecule has 0 amide bonds. The third-order valence-corrected chi connectivity index (χ3v) is 6.58. The predicted octanol–water partition coefficient (Wildman–Crippen LogP) is 4.35. The SMILES string of the molecule is C[C@H]1CCc2c(sc3ncnc(SC[C@H](C#N)CCC#N)c23)C1. The first-order valence-electron chi connectivity index (χ1n) is 7.87. The summed E-state index contributed by atoms with van der Waals surface area (Å²) in [6.45, 7) is 2.31. The smallest absolute Gasteiger partial charge is 0.128 e. The molecule has 4 nitrogen and oxygen atoms in total. The Morgan fingerprint density at radius 3 is 3.09 bits per heavy atom. The zero-order chi connectivity index (χ0) is 16.2. The standard InChI is InChI=1S/C17H18N4S2/c1-11-4-5-13-14(7-11)23-17-15(13)16(20-10-21-17)22-9-12(8-19)3-2-6-18/h10-12H,2-5,7,9H2,1H3/t11-,12-/m0/s1. The Morgan fingerprint density at radius 1 is 1.43 bits per heavy atom. The van der Waals surface area contributed by atoms with E-state index in [4.69, 9.17) is 5.26 Å². The van der Waals surface area contributed by atoms with Crippen molar-refractivity contribution in [2.45, 2.75) is 44.1 Å². The molecule has 2 atom stereocenters. The van der Waals surface area contributed by atoms with Gasteiger partial charge in [0.15, 0.2) is 0 Å². The van der Waals surface area contributed by atoms with Crippen LogP contribution in [0.3, 0.4) is 0 Å². The van der Waals surface area contributed by atoms with E-state index in [0.717, 1.165) is 28.6 Å². The van der Waals surface area contributed by atoms with Crippen LogP contribution in [-0.4, -0.2) is 15.7 Å². The fraction of sp³-hybridized carbons (Fsp3) is 0.529. The van der Waals surface area contributed by atoms with E-state index in [1.165, 1.54) is 22.2 Å². The molecule has 0 bridgehead atoms. The van der Waals surface area contributed by atoms with Crippen molar-refractivity contribution >= 4 is 33.3 Å². The van der Waals surface area contributed by atoms with Gasteiger partial charge in [-0.05, 0) is 37.2 Å². The van der Waals surface area contributed by atoms with Crippen molar-refractivity contribution in [3.05, 3.63) is 16.8 Å². The summed E-state index contributed by atoms with van der Waals surface area (Å²) in [5, 5.41) is 20.1. The number of hydrogen-bond acceptors (Lipinski definition) is 6. The molecular weight excluding hydrogens is 324 g/mol. The summed E-state index contributed by atoms with van der Waals surface area (Å²) in [6, 6.07) is 4.42. The molecule has 1 aliphatic rings. The number of thioether (sulfide) groups is 1. The highest BCUT2D eigenvalue weighted by Gasteiger charge is 2.23. The summed E-state index contributed by atoms with van der Waals surface area (Å²) in [7, 11) is 0. The number of fused-ring (bicyclic) bond motifs is 3. The summed E-state index contributed by atoms with van der Waals surface area (Å²) in [4.78, 5) is 11.5. The first-order valence-corrected chi connectivity index (χ1v) is 9.67. The van der Waals surface area contributed by atoms with Crippen LogP contribution in [0.5, 0.6) is 0 Å².